The molecule has 2 rings (SSSR count). The molecule has 0 atom stereocenters. The topological polar surface area (TPSA) is 12.0 Å². The summed E-state index contributed by atoms with van der Waals surface area (Å²) in [4.78, 5) is 1.51. The second kappa shape index (κ2) is 7.08. The van der Waals surface area contributed by atoms with Crippen LogP contribution in [0.5, 0.6) is 0 Å². The molecule has 1 aliphatic carbocycles. The van der Waals surface area contributed by atoms with Crippen molar-refractivity contribution in [3.05, 3.63) is 22.4 Å². The van der Waals surface area contributed by atoms with Gasteiger partial charge in [-0.2, -0.15) is 0 Å². The first kappa shape index (κ1) is 12.1. The lowest BCUT2D eigenvalue weighted by atomic mass is 9.97. The van der Waals surface area contributed by atoms with Crippen molar-refractivity contribution in [1.82, 2.24) is 5.32 Å². The molecule has 1 fully saturated rings. The summed E-state index contributed by atoms with van der Waals surface area (Å²) in [6.45, 7) is 1.16. The van der Waals surface area contributed by atoms with E-state index in [0.29, 0.717) is 0 Å². The minimum absolute atomic E-state index is 0.792. The fraction of sp³-hybridized carbons (Fsp3) is 0.714. The van der Waals surface area contributed by atoms with Crippen LogP contribution in [0, 0.1) is 0 Å². The van der Waals surface area contributed by atoms with Crippen LogP contribution in [-0.4, -0.2) is 12.6 Å². The SMILES string of the molecule is c1csc(CCNC2CCCCCCC2)c1. The Morgan fingerprint density at radius 3 is 2.56 bits per heavy atom. The van der Waals surface area contributed by atoms with Crippen LogP contribution in [0.15, 0.2) is 17.5 Å². The standard InChI is InChI=1S/C14H23NS/c1-2-4-7-13(8-5-3-1)15-11-10-14-9-6-12-16-14/h6,9,12-13,15H,1-5,7-8,10-11H2. The maximum Gasteiger partial charge on any atom is 0.00671 e. The normalized spacial score (nSPS) is 19.2. The highest BCUT2D eigenvalue weighted by Gasteiger charge is 2.10. The van der Waals surface area contributed by atoms with Gasteiger partial charge in [-0.3, -0.25) is 0 Å². The van der Waals surface area contributed by atoms with Crippen molar-refractivity contribution in [1.29, 1.82) is 0 Å². The molecular weight excluding hydrogens is 214 g/mol. The van der Waals surface area contributed by atoms with E-state index in [1.807, 2.05) is 11.3 Å². The highest BCUT2D eigenvalue weighted by atomic mass is 32.1. The summed E-state index contributed by atoms with van der Waals surface area (Å²) in [6, 6.07) is 5.18. The quantitative estimate of drug-likeness (QED) is 0.835. The zero-order chi connectivity index (χ0) is 11.1. The lowest BCUT2D eigenvalue weighted by Gasteiger charge is -2.20. The van der Waals surface area contributed by atoms with Crippen LogP contribution in [0.1, 0.15) is 49.8 Å². The molecule has 1 N–H and O–H groups in total. The van der Waals surface area contributed by atoms with E-state index in [1.54, 1.807) is 0 Å². The molecule has 1 nitrogen and oxygen atoms in total. The first-order valence-corrected chi connectivity index (χ1v) is 7.59. The van der Waals surface area contributed by atoms with E-state index >= 15 is 0 Å². The maximum absolute atomic E-state index is 3.73. The zero-order valence-corrected chi connectivity index (χ0v) is 10.9. The minimum Gasteiger partial charge on any atom is -0.314 e. The van der Waals surface area contributed by atoms with Gasteiger partial charge in [-0.25, -0.2) is 0 Å². The number of hydrogen-bond donors (Lipinski definition) is 1. The van der Waals surface area contributed by atoms with Crippen LogP contribution in [-0.2, 0) is 6.42 Å². The van der Waals surface area contributed by atoms with Crippen molar-refractivity contribution < 1.29 is 0 Å². The van der Waals surface area contributed by atoms with Gasteiger partial charge >= 0.3 is 0 Å². The number of hydrogen-bond acceptors (Lipinski definition) is 2. The molecule has 0 bridgehead atoms. The van der Waals surface area contributed by atoms with Crippen molar-refractivity contribution in [2.45, 2.75) is 57.4 Å². The summed E-state index contributed by atoms with van der Waals surface area (Å²) in [5, 5.41) is 5.91. The van der Waals surface area contributed by atoms with Gasteiger partial charge in [0.05, 0.1) is 0 Å². The second-order valence-corrected chi connectivity index (χ2v) is 5.86. The van der Waals surface area contributed by atoms with Crippen molar-refractivity contribution >= 4 is 11.3 Å². The van der Waals surface area contributed by atoms with E-state index in [-0.39, 0.29) is 0 Å². The molecule has 0 saturated heterocycles. The van der Waals surface area contributed by atoms with Crippen LogP contribution in [0.2, 0.25) is 0 Å². The first-order valence-electron chi connectivity index (χ1n) is 6.71. The van der Waals surface area contributed by atoms with Crippen LogP contribution in [0.25, 0.3) is 0 Å². The fourth-order valence-electron chi connectivity index (χ4n) is 2.51. The number of thiophene rings is 1. The second-order valence-electron chi connectivity index (χ2n) is 4.83. The first-order chi connectivity index (χ1) is 7.95. The van der Waals surface area contributed by atoms with Crippen LogP contribution in [0.3, 0.4) is 0 Å². The Morgan fingerprint density at radius 2 is 1.88 bits per heavy atom. The molecule has 16 heavy (non-hydrogen) atoms. The molecule has 1 heterocycles. The number of rotatable bonds is 4. The van der Waals surface area contributed by atoms with E-state index in [1.165, 1.54) is 56.2 Å². The minimum atomic E-state index is 0.792. The Labute approximate surface area is 103 Å². The Bertz CT molecular complexity index is 260. The third kappa shape index (κ3) is 4.26. The van der Waals surface area contributed by atoms with Crippen molar-refractivity contribution in [2.24, 2.45) is 0 Å². The van der Waals surface area contributed by atoms with Gasteiger partial charge in [0.2, 0.25) is 0 Å². The molecule has 1 aromatic heterocycles. The van der Waals surface area contributed by atoms with Gasteiger partial charge in [-0.15, -0.1) is 11.3 Å². The monoisotopic (exact) mass is 237 g/mol. The molecule has 1 aromatic rings. The van der Waals surface area contributed by atoms with Crippen molar-refractivity contribution in [2.75, 3.05) is 6.54 Å². The largest absolute Gasteiger partial charge is 0.314 e. The zero-order valence-electron chi connectivity index (χ0n) is 10.1. The highest BCUT2D eigenvalue weighted by Crippen LogP contribution is 2.17. The van der Waals surface area contributed by atoms with E-state index in [2.05, 4.69) is 22.8 Å². The summed E-state index contributed by atoms with van der Waals surface area (Å²) in [5.41, 5.74) is 0. The maximum atomic E-state index is 3.73. The van der Waals surface area contributed by atoms with Crippen LogP contribution in [0.4, 0.5) is 0 Å². The molecule has 0 radical (unpaired) electrons. The average molecular weight is 237 g/mol. The Morgan fingerprint density at radius 1 is 1.12 bits per heavy atom. The molecule has 0 aromatic carbocycles. The third-order valence-corrected chi connectivity index (χ3v) is 4.43. The Kier molecular flexibility index (Phi) is 5.36. The average Bonchev–Trinajstić information content (AvgIpc) is 2.73. The molecule has 1 saturated carbocycles. The molecule has 0 aliphatic heterocycles. The molecule has 2 heteroatoms. The lowest BCUT2D eigenvalue weighted by Crippen LogP contribution is -2.31. The van der Waals surface area contributed by atoms with E-state index in [0.717, 1.165) is 12.6 Å². The predicted molar refractivity (Wildman–Crippen MR) is 72.1 cm³/mol. The molecule has 0 spiro atoms. The van der Waals surface area contributed by atoms with Gasteiger partial charge in [0.15, 0.2) is 0 Å². The van der Waals surface area contributed by atoms with Gasteiger partial charge in [0.25, 0.3) is 0 Å². The van der Waals surface area contributed by atoms with Gasteiger partial charge < -0.3 is 5.32 Å². The fourth-order valence-corrected chi connectivity index (χ4v) is 3.22. The molecule has 0 unspecified atom stereocenters. The van der Waals surface area contributed by atoms with Crippen molar-refractivity contribution in [3.8, 4) is 0 Å². The Hall–Kier alpha value is -0.340. The summed E-state index contributed by atoms with van der Waals surface area (Å²) < 4.78 is 0. The summed E-state index contributed by atoms with van der Waals surface area (Å²) in [7, 11) is 0. The number of nitrogens with one attached hydrogen (secondary N) is 1. The van der Waals surface area contributed by atoms with Crippen LogP contribution >= 0.6 is 11.3 Å². The Balaban J connectivity index is 1.64. The van der Waals surface area contributed by atoms with Crippen LogP contribution < -0.4 is 5.32 Å². The molecule has 0 amide bonds. The summed E-state index contributed by atoms with van der Waals surface area (Å²) >= 11 is 1.88. The van der Waals surface area contributed by atoms with Crippen molar-refractivity contribution in [3.63, 3.8) is 0 Å². The highest BCUT2D eigenvalue weighted by molar-refractivity contribution is 7.09. The smallest absolute Gasteiger partial charge is 0.00671 e. The van der Waals surface area contributed by atoms with Gasteiger partial charge in [-0.05, 0) is 30.7 Å². The molecular formula is C14H23NS. The van der Waals surface area contributed by atoms with E-state index in [4.69, 9.17) is 0 Å². The van der Waals surface area contributed by atoms with Gasteiger partial charge in [-0.1, -0.05) is 38.2 Å². The molecule has 1 aliphatic rings. The third-order valence-electron chi connectivity index (χ3n) is 3.49. The summed E-state index contributed by atoms with van der Waals surface area (Å²) in [6.07, 6.45) is 11.2. The summed E-state index contributed by atoms with van der Waals surface area (Å²) in [5.74, 6) is 0. The molecule has 90 valence electrons. The van der Waals surface area contributed by atoms with Gasteiger partial charge in [0.1, 0.15) is 0 Å². The lowest BCUT2D eigenvalue weighted by molar-refractivity contribution is 0.392. The van der Waals surface area contributed by atoms with Gasteiger partial charge in [0, 0.05) is 17.5 Å². The van der Waals surface area contributed by atoms with E-state index < -0.39 is 0 Å². The predicted octanol–water partition coefficient (Wildman–Crippen LogP) is 3.99. The van der Waals surface area contributed by atoms with E-state index in [9.17, 15) is 0 Å².